The van der Waals surface area contributed by atoms with E-state index in [9.17, 15) is 19.2 Å². The van der Waals surface area contributed by atoms with E-state index in [4.69, 9.17) is 6.42 Å². The van der Waals surface area contributed by atoms with E-state index in [1.165, 1.54) is 0 Å². The topological polar surface area (TPSA) is 102 Å². The first kappa shape index (κ1) is 36.8. The molecular formula is C37H55N5O4. The number of hydrogen-bond acceptors (Lipinski definition) is 5. The number of rotatable bonds is 10. The maximum atomic E-state index is 14.1. The third-order valence-electron chi connectivity index (χ3n) is 9.28. The minimum Gasteiger partial charge on any atom is -0.342 e. The molecule has 0 spiro atoms. The monoisotopic (exact) mass is 633 g/mol. The number of carbonyl (C=O) groups excluding carboxylic acids is 4. The van der Waals surface area contributed by atoms with Crippen LogP contribution in [0.1, 0.15) is 93.1 Å². The van der Waals surface area contributed by atoms with E-state index in [2.05, 4.69) is 35.3 Å². The summed E-state index contributed by atoms with van der Waals surface area (Å²) in [7, 11) is 1.74. The summed E-state index contributed by atoms with van der Waals surface area (Å²) < 4.78 is 0. The van der Waals surface area contributed by atoms with Crippen molar-refractivity contribution in [1.29, 1.82) is 0 Å². The molecule has 3 rings (SSSR count). The summed E-state index contributed by atoms with van der Waals surface area (Å²) in [5.41, 5.74) is 1.28. The van der Waals surface area contributed by atoms with Gasteiger partial charge in [0.05, 0.1) is 12.1 Å². The molecule has 9 nitrogen and oxygen atoms in total. The number of nitrogens with zero attached hydrogens (tertiary/aromatic N) is 3. The zero-order valence-electron chi connectivity index (χ0n) is 29.4. The highest BCUT2D eigenvalue weighted by atomic mass is 16.2. The van der Waals surface area contributed by atoms with Gasteiger partial charge in [0.2, 0.25) is 23.6 Å². The van der Waals surface area contributed by atoms with Crippen LogP contribution in [0.25, 0.3) is 0 Å². The lowest BCUT2D eigenvalue weighted by Crippen LogP contribution is -2.60. The van der Waals surface area contributed by atoms with Crippen molar-refractivity contribution in [3.63, 3.8) is 0 Å². The molecule has 0 aliphatic carbocycles. The number of likely N-dealkylation sites (N-methyl/N-ethyl adjacent to an activating group) is 1. The highest BCUT2D eigenvalue weighted by Gasteiger charge is 2.40. The Labute approximate surface area is 276 Å². The van der Waals surface area contributed by atoms with Gasteiger partial charge in [-0.3, -0.25) is 24.1 Å². The van der Waals surface area contributed by atoms with Crippen LogP contribution < -0.4 is 10.6 Å². The van der Waals surface area contributed by atoms with Crippen LogP contribution in [0.5, 0.6) is 0 Å². The van der Waals surface area contributed by atoms with Gasteiger partial charge in [-0.15, -0.1) is 6.42 Å². The summed E-state index contributed by atoms with van der Waals surface area (Å²) in [5, 5.41) is 6.04. The molecule has 1 aromatic rings. The van der Waals surface area contributed by atoms with Crippen molar-refractivity contribution in [3.05, 3.63) is 41.5 Å². The predicted molar refractivity (Wildman–Crippen MR) is 184 cm³/mol. The van der Waals surface area contributed by atoms with Crippen molar-refractivity contribution in [1.82, 2.24) is 20.0 Å². The third-order valence-corrected chi connectivity index (χ3v) is 9.28. The fraction of sp³-hybridized carbons (Fsp3) is 0.622. The van der Waals surface area contributed by atoms with Gasteiger partial charge in [-0.05, 0) is 88.6 Å². The molecule has 4 atom stereocenters. The van der Waals surface area contributed by atoms with Crippen molar-refractivity contribution in [2.24, 2.45) is 11.3 Å². The summed E-state index contributed by atoms with van der Waals surface area (Å²) in [4.78, 5) is 60.2. The zero-order chi connectivity index (χ0) is 34.3. The highest BCUT2D eigenvalue weighted by Crippen LogP contribution is 2.27. The Bertz CT molecular complexity index is 1320. The summed E-state index contributed by atoms with van der Waals surface area (Å²) >= 11 is 0. The number of anilines is 1. The van der Waals surface area contributed by atoms with Crippen LogP contribution >= 0.6 is 0 Å². The van der Waals surface area contributed by atoms with Crippen LogP contribution in [-0.2, 0) is 19.2 Å². The van der Waals surface area contributed by atoms with E-state index in [0.29, 0.717) is 24.2 Å². The van der Waals surface area contributed by atoms with Crippen LogP contribution in [0.3, 0.4) is 0 Å². The molecular weight excluding hydrogens is 578 g/mol. The average molecular weight is 634 g/mol. The van der Waals surface area contributed by atoms with Gasteiger partial charge in [0.25, 0.3) is 0 Å². The van der Waals surface area contributed by atoms with Crippen molar-refractivity contribution in [2.45, 2.75) is 118 Å². The molecule has 0 unspecified atom stereocenters. The summed E-state index contributed by atoms with van der Waals surface area (Å²) in [6.07, 6.45) is 11.4. The van der Waals surface area contributed by atoms with Gasteiger partial charge in [-0.25, -0.2) is 0 Å². The van der Waals surface area contributed by atoms with E-state index in [-0.39, 0.29) is 41.6 Å². The molecule has 1 aromatic carbocycles. The molecule has 2 heterocycles. The number of piperidine rings is 1. The third kappa shape index (κ3) is 9.00. The normalized spacial score (nSPS) is 20.7. The Morgan fingerprint density at radius 1 is 0.957 bits per heavy atom. The average Bonchev–Trinajstić information content (AvgIpc) is 3.51. The lowest BCUT2D eigenvalue weighted by atomic mass is 9.84. The number of terminal acetylenes is 1. The zero-order valence-corrected chi connectivity index (χ0v) is 29.4. The number of amides is 4. The lowest BCUT2D eigenvalue weighted by molar-refractivity contribution is -0.142. The van der Waals surface area contributed by atoms with Crippen molar-refractivity contribution >= 4 is 29.3 Å². The fourth-order valence-electron chi connectivity index (χ4n) is 6.55. The molecule has 252 valence electrons. The van der Waals surface area contributed by atoms with Crippen LogP contribution in [0.4, 0.5) is 5.69 Å². The Kier molecular flexibility index (Phi) is 12.6. The predicted octanol–water partition coefficient (Wildman–Crippen LogP) is 4.82. The molecule has 0 saturated carbocycles. The number of likely N-dealkylation sites (tertiary alicyclic amines) is 2. The number of hydrogen-bond donors (Lipinski definition) is 2. The van der Waals surface area contributed by atoms with Gasteiger partial charge in [0, 0.05) is 36.5 Å². The minimum atomic E-state index is -0.743. The lowest BCUT2D eigenvalue weighted by Gasteiger charge is -2.41. The van der Waals surface area contributed by atoms with E-state index in [1.54, 1.807) is 48.0 Å². The number of benzene rings is 1. The number of nitrogens with one attached hydrogen (secondary N) is 2. The molecule has 2 aliphatic heterocycles. The van der Waals surface area contributed by atoms with Crippen LogP contribution in [0, 0.1) is 23.7 Å². The highest BCUT2D eigenvalue weighted by molar-refractivity contribution is 6.01. The van der Waals surface area contributed by atoms with Gasteiger partial charge < -0.3 is 20.4 Å². The molecule has 2 fully saturated rings. The van der Waals surface area contributed by atoms with Crippen molar-refractivity contribution < 1.29 is 19.2 Å². The van der Waals surface area contributed by atoms with Crippen molar-refractivity contribution in [2.75, 3.05) is 25.5 Å². The Morgan fingerprint density at radius 3 is 2.15 bits per heavy atom. The molecule has 0 radical (unpaired) electrons. The first-order chi connectivity index (χ1) is 21.6. The second-order valence-corrected chi connectivity index (χ2v) is 14.6. The standard InChI is InChI=1S/C37H55N5O4/c1-11-27-17-19-28(20-18-27)38-33(43)30-16-14-22-42(30)35(45)26(6)23-31(24(2)3)40(10)36(46)32(37(7,8)9)39-34(44)29-15-12-13-21-41(29)25(4)5/h1,17-20,23-25,29-32H,12-16,21-22H2,2-10H3,(H,38,43)(H,39,44)/b26-23+/t29-,30+,31-,32-/m1/s1. The maximum absolute atomic E-state index is 14.1. The van der Waals surface area contributed by atoms with E-state index >= 15 is 0 Å². The van der Waals surface area contributed by atoms with Gasteiger partial charge in [-0.1, -0.05) is 53.0 Å². The number of carbonyl (C=O) groups is 4. The van der Waals surface area contributed by atoms with E-state index < -0.39 is 23.5 Å². The van der Waals surface area contributed by atoms with Gasteiger partial charge in [-0.2, -0.15) is 0 Å². The fourth-order valence-corrected chi connectivity index (χ4v) is 6.55. The first-order valence-corrected chi connectivity index (χ1v) is 16.8. The molecule has 4 amide bonds. The minimum absolute atomic E-state index is 0.00791. The summed E-state index contributed by atoms with van der Waals surface area (Å²) in [6.45, 7) is 17.2. The van der Waals surface area contributed by atoms with Crippen LogP contribution in [-0.4, -0.2) is 88.7 Å². The molecule has 2 saturated heterocycles. The van der Waals surface area contributed by atoms with Crippen molar-refractivity contribution in [3.8, 4) is 12.3 Å². The van der Waals surface area contributed by atoms with E-state index in [1.807, 2.05) is 40.7 Å². The molecule has 0 bridgehead atoms. The molecule has 2 N–H and O–H groups in total. The van der Waals surface area contributed by atoms with Crippen LogP contribution in [0.15, 0.2) is 35.9 Å². The molecule has 9 heteroatoms. The second-order valence-electron chi connectivity index (χ2n) is 14.6. The van der Waals surface area contributed by atoms with Gasteiger partial charge >= 0.3 is 0 Å². The molecule has 2 aliphatic rings. The first-order valence-electron chi connectivity index (χ1n) is 16.8. The van der Waals surface area contributed by atoms with Gasteiger partial charge in [0.1, 0.15) is 12.1 Å². The Morgan fingerprint density at radius 2 is 1.59 bits per heavy atom. The van der Waals surface area contributed by atoms with Gasteiger partial charge in [0.15, 0.2) is 0 Å². The van der Waals surface area contributed by atoms with Crippen LogP contribution in [0.2, 0.25) is 0 Å². The SMILES string of the molecule is C#Cc1ccc(NC(=O)[C@@H]2CCCN2C(=O)/C(C)=C/[C@H](C(C)C)N(C)C(=O)[C@@H](NC(=O)[C@H]2CCCCN2C(C)C)C(C)(C)C)cc1. The second kappa shape index (κ2) is 15.8. The largest absolute Gasteiger partial charge is 0.342 e. The smallest absolute Gasteiger partial charge is 0.249 e. The Hall–Kier alpha value is -3.64. The summed E-state index contributed by atoms with van der Waals surface area (Å²) in [5.74, 6) is 1.78. The molecule has 0 aromatic heterocycles. The quantitative estimate of drug-likeness (QED) is 0.284. The Balaban J connectivity index is 1.77. The molecule has 46 heavy (non-hydrogen) atoms. The maximum Gasteiger partial charge on any atom is 0.249 e. The summed E-state index contributed by atoms with van der Waals surface area (Å²) in [6, 6.07) is 5.27. The van der Waals surface area contributed by atoms with E-state index in [0.717, 1.165) is 37.8 Å².